The quantitative estimate of drug-likeness (QED) is 0.743. The van der Waals surface area contributed by atoms with Gasteiger partial charge in [-0.15, -0.1) is 0 Å². The Morgan fingerprint density at radius 1 is 1.12 bits per heavy atom. The van der Waals surface area contributed by atoms with E-state index in [4.69, 9.17) is 0 Å². The van der Waals surface area contributed by atoms with Crippen LogP contribution in [0.25, 0.3) is 10.9 Å². The summed E-state index contributed by atoms with van der Waals surface area (Å²) in [7, 11) is 0. The number of rotatable bonds is 3. The predicted octanol–water partition coefficient (Wildman–Crippen LogP) is 4.24. The van der Waals surface area contributed by atoms with E-state index in [0.29, 0.717) is 28.6 Å². The Hall–Kier alpha value is -2.72. The van der Waals surface area contributed by atoms with E-state index in [9.17, 15) is 15.0 Å². The van der Waals surface area contributed by atoms with E-state index in [1.54, 1.807) is 0 Å². The summed E-state index contributed by atoms with van der Waals surface area (Å²) in [5.74, 6) is -1.11. The first-order valence-electron chi connectivity index (χ1n) is 8.90. The van der Waals surface area contributed by atoms with E-state index in [1.165, 1.54) is 0 Å². The van der Waals surface area contributed by atoms with Crippen LogP contribution < -0.4 is 0 Å². The van der Waals surface area contributed by atoms with Gasteiger partial charge in [-0.05, 0) is 36.0 Å². The van der Waals surface area contributed by atoms with Gasteiger partial charge in [-0.1, -0.05) is 56.3 Å². The highest BCUT2D eigenvalue weighted by atomic mass is 16.4. The summed E-state index contributed by atoms with van der Waals surface area (Å²) in [5, 5.41) is 22.5. The summed E-state index contributed by atoms with van der Waals surface area (Å²) in [6.45, 7) is 3.86. The Kier molecular flexibility index (Phi) is 3.81. The lowest BCUT2D eigenvalue weighted by molar-refractivity contribution is 0.0645. The van der Waals surface area contributed by atoms with Crippen LogP contribution in [0.1, 0.15) is 58.9 Å². The number of carboxylic acids is 1. The second-order valence-electron chi connectivity index (χ2n) is 7.24. The van der Waals surface area contributed by atoms with Crippen molar-refractivity contribution in [3.05, 3.63) is 76.5 Å². The number of aliphatic hydroxyl groups is 1. The number of hydrogen-bond donors (Lipinski definition) is 2. The van der Waals surface area contributed by atoms with E-state index in [2.05, 4.69) is 4.98 Å². The van der Waals surface area contributed by atoms with Crippen molar-refractivity contribution in [2.75, 3.05) is 0 Å². The average Bonchev–Trinajstić information content (AvgIpc) is 2.98. The molecule has 1 aromatic heterocycles. The number of para-hydroxylation sites is 1. The molecule has 1 aliphatic rings. The molecular formula is C22H21NO3. The summed E-state index contributed by atoms with van der Waals surface area (Å²) in [4.78, 5) is 16.9. The third kappa shape index (κ3) is 2.33. The van der Waals surface area contributed by atoms with Crippen LogP contribution in [0, 0.1) is 0 Å². The van der Waals surface area contributed by atoms with Crippen molar-refractivity contribution < 1.29 is 15.0 Å². The molecule has 0 bridgehead atoms. The van der Waals surface area contributed by atoms with Gasteiger partial charge in [-0.3, -0.25) is 4.98 Å². The van der Waals surface area contributed by atoms with Crippen molar-refractivity contribution in [2.24, 2.45) is 0 Å². The summed E-state index contributed by atoms with van der Waals surface area (Å²) in [6.07, 6.45) is 1.19. The van der Waals surface area contributed by atoms with E-state index in [-0.39, 0.29) is 11.5 Å². The second kappa shape index (κ2) is 5.92. The molecule has 26 heavy (non-hydrogen) atoms. The SMILES string of the molecule is CC(C)c1nc2ccccc2c([C@]2(O)CCc3ccccc32)c1C(=O)O. The third-order valence-electron chi connectivity index (χ3n) is 5.31. The van der Waals surface area contributed by atoms with Crippen LogP contribution in [0.15, 0.2) is 48.5 Å². The maximum absolute atomic E-state index is 12.3. The Morgan fingerprint density at radius 2 is 1.81 bits per heavy atom. The molecule has 2 aromatic carbocycles. The minimum atomic E-state index is -1.32. The number of carbonyl (C=O) groups is 1. The number of hydrogen-bond acceptors (Lipinski definition) is 3. The fourth-order valence-electron chi connectivity index (χ4n) is 4.15. The summed E-state index contributed by atoms with van der Waals surface area (Å²) in [5.41, 5.74) is 2.39. The molecule has 1 aliphatic carbocycles. The minimum absolute atomic E-state index is 0.0651. The van der Waals surface area contributed by atoms with Gasteiger partial charge in [0.15, 0.2) is 0 Å². The zero-order valence-corrected chi connectivity index (χ0v) is 14.9. The number of benzene rings is 2. The molecule has 1 heterocycles. The number of aromatic nitrogens is 1. The second-order valence-corrected chi connectivity index (χ2v) is 7.24. The summed E-state index contributed by atoms with van der Waals surface area (Å²) < 4.78 is 0. The van der Waals surface area contributed by atoms with Crippen LogP contribution >= 0.6 is 0 Å². The van der Waals surface area contributed by atoms with Crippen LogP contribution in [-0.4, -0.2) is 21.2 Å². The Balaban J connectivity index is 2.15. The fourth-order valence-corrected chi connectivity index (χ4v) is 4.15. The van der Waals surface area contributed by atoms with Crippen molar-refractivity contribution in [3.8, 4) is 0 Å². The smallest absolute Gasteiger partial charge is 0.337 e. The zero-order valence-electron chi connectivity index (χ0n) is 14.9. The van der Waals surface area contributed by atoms with Gasteiger partial charge < -0.3 is 10.2 Å². The molecule has 3 aromatic rings. The van der Waals surface area contributed by atoms with Crippen LogP contribution in [0.4, 0.5) is 0 Å². The normalized spacial score (nSPS) is 19.1. The highest BCUT2D eigenvalue weighted by Gasteiger charge is 2.43. The fraction of sp³-hybridized carbons (Fsp3) is 0.273. The maximum Gasteiger partial charge on any atom is 0.337 e. The molecule has 132 valence electrons. The van der Waals surface area contributed by atoms with Gasteiger partial charge in [0.2, 0.25) is 0 Å². The first-order chi connectivity index (χ1) is 12.4. The molecule has 4 rings (SSSR count). The van der Waals surface area contributed by atoms with Gasteiger partial charge in [-0.25, -0.2) is 4.79 Å². The maximum atomic E-state index is 12.3. The molecule has 4 nitrogen and oxygen atoms in total. The van der Waals surface area contributed by atoms with Gasteiger partial charge >= 0.3 is 5.97 Å². The molecule has 0 aliphatic heterocycles. The van der Waals surface area contributed by atoms with E-state index in [1.807, 2.05) is 62.4 Å². The van der Waals surface area contributed by atoms with E-state index in [0.717, 1.165) is 17.5 Å². The monoisotopic (exact) mass is 347 g/mol. The van der Waals surface area contributed by atoms with Gasteiger partial charge in [0.25, 0.3) is 0 Å². The van der Waals surface area contributed by atoms with Crippen molar-refractivity contribution in [3.63, 3.8) is 0 Å². The van der Waals surface area contributed by atoms with Gasteiger partial charge in [0, 0.05) is 10.9 Å². The Labute approximate surface area is 152 Å². The molecule has 4 heteroatoms. The highest BCUT2D eigenvalue weighted by Crippen LogP contribution is 2.46. The van der Waals surface area contributed by atoms with Crippen molar-refractivity contribution >= 4 is 16.9 Å². The lowest BCUT2D eigenvalue weighted by atomic mass is 9.81. The zero-order chi connectivity index (χ0) is 18.5. The lowest BCUT2D eigenvalue weighted by Crippen LogP contribution is -2.29. The predicted molar refractivity (Wildman–Crippen MR) is 101 cm³/mol. The van der Waals surface area contributed by atoms with Crippen LogP contribution in [0.2, 0.25) is 0 Å². The number of aromatic carboxylic acids is 1. The third-order valence-corrected chi connectivity index (χ3v) is 5.31. The summed E-state index contributed by atoms with van der Waals surface area (Å²) >= 11 is 0. The molecule has 2 N–H and O–H groups in total. The minimum Gasteiger partial charge on any atom is -0.478 e. The highest BCUT2D eigenvalue weighted by molar-refractivity contribution is 5.99. The number of nitrogens with zero attached hydrogens (tertiary/aromatic N) is 1. The largest absolute Gasteiger partial charge is 0.478 e. The average molecular weight is 347 g/mol. The van der Waals surface area contributed by atoms with E-state index >= 15 is 0 Å². The molecule has 0 spiro atoms. The molecule has 0 saturated carbocycles. The van der Waals surface area contributed by atoms with Crippen LogP contribution in [0.5, 0.6) is 0 Å². The number of aryl methyl sites for hydroxylation is 1. The van der Waals surface area contributed by atoms with Crippen LogP contribution in [0.3, 0.4) is 0 Å². The number of pyridine rings is 1. The topological polar surface area (TPSA) is 70.4 Å². The number of carboxylic acid groups (broad SMARTS) is 1. The van der Waals surface area contributed by atoms with Gasteiger partial charge in [0.1, 0.15) is 5.60 Å². The Morgan fingerprint density at radius 3 is 2.54 bits per heavy atom. The number of fused-ring (bicyclic) bond motifs is 2. The van der Waals surface area contributed by atoms with Crippen molar-refractivity contribution in [1.29, 1.82) is 0 Å². The first-order valence-corrected chi connectivity index (χ1v) is 8.90. The van der Waals surface area contributed by atoms with Crippen LogP contribution in [-0.2, 0) is 12.0 Å². The Bertz CT molecular complexity index is 1030. The molecule has 0 radical (unpaired) electrons. The molecule has 1 atom stereocenters. The first kappa shape index (κ1) is 16.7. The standard InChI is InChI=1S/C22H21NO3/c1-13(2)20-18(21(24)25)19(15-8-4-6-10-17(15)23-20)22(26)12-11-14-7-3-5-9-16(14)22/h3-10,13,26H,11-12H2,1-2H3,(H,24,25)/t22-/m0/s1. The molecule has 0 saturated heterocycles. The lowest BCUT2D eigenvalue weighted by Gasteiger charge is -2.29. The molecular weight excluding hydrogens is 326 g/mol. The van der Waals surface area contributed by atoms with Gasteiger partial charge in [0.05, 0.1) is 16.8 Å². The molecule has 0 fully saturated rings. The van der Waals surface area contributed by atoms with E-state index < -0.39 is 11.6 Å². The summed E-state index contributed by atoms with van der Waals surface area (Å²) in [6, 6.07) is 15.2. The van der Waals surface area contributed by atoms with Crippen molar-refractivity contribution in [1.82, 2.24) is 4.98 Å². The molecule has 0 unspecified atom stereocenters. The van der Waals surface area contributed by atoms with Crippen molar-refractivity contribution in [2.45, 2.75) is 38.2 Å². The van der Waals surface area contributed by atoms with Gasteiger partial charge in [-0.2, -0.15) is 0 Å². The molecule has 0 amide bonds.